The Hall–Kier alpha value is -1.05. The van der Waals surface area contributed by atoms with Crippen molar-refractivity contribution in [1.29, 1.82) is 0 Å². The van der Waals surface area contributed by atoms with Gasteiger partial charge in [0.15, 0.2) is 0 Å². The van der Waals surface area contributed by atoms with Crippen LogP contribution in [0.2, 0.25) is 0 Å². The van der Waals surface area contributed by atoms with E-state index in [9.17, 15) is 4.79 Å². The van der Waals surface area contributed by atoms with Crippen LogP contribution in [0, 0.1) is 29.6 Å². The largest absolute Gasteiger partial charge is 0.462 e. The molecule has 0 spiro atoms. The lowest BCUT2D eigenvalue weighted by molar-refractivity contribution is -0.157. The van der Waals surface area contributed by atoms with Crippen LogP contribution in [0.4, 0.5) is 0 Å². The molecule has 0 amide bonds. The molecule has 3 fully saturated rings. The van der Waals surface area contributed by atoms with Gasteiger partial charge < -0.3 is 4.74 Å². The number of hydrogen-bond donors (Lipinski definition) is 0. The standard InChI is InChI=1S/C26H42O2/c1-3-5-21-14-18-25(19-15-21)28-26(27)24-16-12-23(13-17-24)11-10-22-8-6-20(4-2)7-9-22/h4,10-11,20-25H,2-3,5-9,12-19H2,1H3. The molecule has 3 aliphatic rings. The zero-order valence-electron chi connectivity index (χ0n) is 18.1. The first kappa shape index (κ1) is 21.7. The summed E-state index contributed by atoms with van der Waals surface area (Å²) in [5.74, 6) is 3.30. The first-order valence-electron chi connectivity index (χ1n) is 12.2. The number of esters is 1. The Morgan fingerprint density at radius 2 is 1.36 bits per heavy atom. The maximum atomic E-state index is 12.6. The van der Waals surface area contributed by atoms with Crippen molar-refractivity contribution in [3.8, 4) is 0 Å². The van der Waals surface area contributed by atoms with Crippen LogP contribution >= 0.6 is 0 Å². The monoisotopic (exact) mass is 386 g/mol. The zero-order chi connectivity index (χ0) is 19.8. The van der Waals surface area contributed by atoms with E-state index in [1.165, 1.54) is 51.4 Å². The highest BCUT2D eigenvalue weighted by Crippen LogP contribution is 2.35. The van der Waals surface area contributed by atoms with Gasteiger partial charge in [-0.2, -0.15) is 0 Å². The van der Waals surface area contributed by atoms with Crippen molar-refractivity contribution >= 4 is 5.97 Å². The van der Waals surface area contributed by atoms with Crippen molar-refractivity contribution in [2.75, 3.05) is 0 Å². The summed E-state index contributed by atoms with van der Waals surface area (Å²) in [6, 6.07) is 0. The Balaban J connectivity index is 1.33. The fraction of sp³-hybridized carbons (Fsp3) is 0.808. The predicted molar refractivity (Wildman–Crippen MR) is 117 cm³/mol. The van der Waals surface area contributed by atoms with Crippen LogP contribution in [-0.2, 0) is 9.53 Å². The van der Waals surface area contributed by atoms with Crippen molar-refractivity contribution in [1.82, 2.24) is 0 Å². The van der Waals surface area contributed by atoms with Gasteiger partial charge in [0.25, 0.3) is 0 Å². The predicted octanol–water partition coefficient (Wildman–Crippen LogP) is 7.24. The fourth-order valence-corrected chi connectivity index (χ4v) is 5.64. The van der Waals surface area contributed by atoms with E-state index in [1.54, 1.807) is 0 Å². The molecule has 0 radical (unpaired) electrons. The van der Waals surface area contributed by atoms with Gasteiger partial charge in [0.2, 0.25) is 0 Å². The molecule has 0 aromatic rings. The Labute approximate surface area is 173 Å². The average molecular weight is 387 g/mol. The summed E-state index contributed by atoms with van der Waals surface area (Å²) in [6.07, 6.45) is 24.2. The van der Waals surface area contributed by atoms with Gasteiger partial charge >= 0.3 is 5.97 Å². The van der Waals surface area contributed by atoms with E-state index in [0.29, 0.717) is 5.92 Å². The van der Waals surface area contributed by atoms with E-state index in [2.05, 4.69) is 31.7 Å². The molecule has 0 atom stereocenters. The second-order valence-corrected chi connectivity index (χ2v) is 9.78. The molecule has 0 aromatic carbocycles. The molecule has 2 nitrogen and oxygen atoms in total. The molecule has 2 heteroatoms. The zero-order valence-corrected chi connectivity index (χ0v) is 18.1. The molecule has 0 N–H and O–H groups in total. The van der Waals surface area contributed by atoms with Gasteiger partial charge in [-0.25, -0.2) is 0 Å². The number of carbonyl (C=O) groups excluding carboxylic acids is 1. The molecular formula is C26H42O2. The van der Waals surface area contributed by atoms with E-state index in [1.807, 2.05) is 0 Å². The Morgan fingerprint density at radius 3 is 1.89 bits per heavy atom. The normalized spacial score (nSPS) is 36.9. The van der Waals surface area contributed by atoms with E-state index >= 15 is 0 Å². The van der Waals surface area contributed by atoms with Crippen LogP contribution in [0.1, 0.15) is 96.8 Å². The highest BCUT2D eigenvalue weighted by Gasteiger charge is 2.30. The highest BCUT2D eigenvalue weighted by molar-refractivity contribution is 5.72. The number of hydrogen-bond acceptors (Lipinski definition) is 2. The highest BCUT2D eigenvalue weighted by atomic mass is 16.5. The van der Waals surface area contributed by atoms with Crippen molar-refractivity contribution in [2.45, 2.75) is 103 Å². The summed E-state index contributed by atoms with van der Waals surface area (Å²) in [5, 5.41) is 0. The SMILES string of the molecule is C=CC1CCC(C=CC2CCC(C(=O)OC3CCC(CCC)CC3)CC2)CC1. The Morgan fingerprint density at radius 1 is 0.821 bits per heavy atom. The smallest absolute Gasteiger partial charge is 0.309 e. The molecule has 3 saturated carbocycles. The molecule has 0 heterocycles. The van der Waals surface area contributed by atoms with E-state index < -0.39 is 0 Å². The Kier molecular flexibility index (Phi) is 8.67. The lowest BCUT2D eigenvalue weighted by Gasteiger charge is -2.31. The van der Waals surface area contributed by atoms with Crippen molar-refractivity contribution in [3.05, 3.63) is 24.8 Å². The molecule has 0 saturated heterocycles. The fourth-order valence-electron chi connectivity index (χ4n) is 5.64. The van der Waals surface area contributed by atoms with Crippen LogP contribution in [0.3, 0.4) is 0 Å². The van der Waals surface area contributed by atoms with E-state index in [4.69, 9.17) is 4.74 Å². The first-order chi connectivity index (χ1) is 13.7. The second-order valence-electron chi connectivity index (χ2n) is 9.78. The maximum Gasteiger partial charge on any atom is 0.309 e. The minimum atomic E-state index is 0.101. The van der Waals surface area contributed by atoms with E-state index in [0.717, 1.165) is 56.3 Å². The van der Waals surface area contributed by atoms with Crippen LogP contribution in [-0.4, -0.2) is 12.1 Å². The van der Waals surface area contributed by atoms with Gasteiger partial charge in [-0.05, 0) is 101 Å². The summed E-state index contributed by atoms with van der Waals surface area (Å²) >= 11 is 0. The first-order valence-corrected chi connectivity index (χ1v) is 12.2. The summed E-state index contributed by atoms with van der Waals surface area (Å²) in [5.41, 5.74) is 0. The molecule has 0 bridgehead atoms. The third kappa shape index (κ3) is 6.49. The minimum absolute atomic E-state index is 0.101. The van der Waals surface area contributed by atoms with Crippen LogP contribution in [0.25, 0.3) is 0 Å². The lowest BCUT2D eigenvalue weighted by Crippen LogP contribution is -2.30. The number of rotatable bonds is 7. The summed E-state index contributed by atoms with van der Waals surface area (Å²) in [4.78, 5) is 12.6. The molecule has 0 unspecified atom stereocenters. The topological polar surface area (TPSA) is 26.3 Å². The summed E-state index contributed by atoms with van der Waals surface area (Å²) in [6.45, 7) is 6.21. The minimum Gasteiger partial charge on any atom is -0.462 e. The van der Waals surface area contributed by atoms with Gasteiger partial charge in [-0.1, -0.05) is 38.0 Å². The lowest BCUT2D eigenvalue weighted by atomic mass is 9.79. The van der Waals surface area contributed by atoms with Gasteiger partial charge in [-0.15, -0.1) is 6.58 Å². The third-order valence-electron chi connectivity index (χ3n) is 7.68. The van der Waals surface area contributed by atoms with Gasteiger partial charge in [0.1, 0.15) is 6.10 Å². The third-order valence-corrected chi connectivity index (χ3v) is 7.68. The summed E-state index contributed by atoms with van der Waals surface area (Å²) < 4.78 is 5.90. The molecule has 0 aromatic heterocycles. The van der Waals surface area contributed by atoms with Crippen LogP contribution in [0.5, 0.6) is 0 Å². The molecule has 28 heavy (non-hydrogen) atoms. The number of ether oxygens (including phenoxy) is 1. The maximum absolute atomic E-state index is 12.6. The van der Waals surface area contributed by atoms with Crippen molar-refractivity contribution < 1.29 is 9.53 Å². The van der Waals surface area contributed by atoms with Crippen molar-refractivity contribution in [3.63, 3.8) is 0 Å². The molecule has 3 rings (SSSR count). The quantitative estimate of drug-likeness (QED) is 0.340. The van der Waals surface area contributed by atoms with Crippen LogP contribution < -0.4 is 0 Å². The second kappa shape index (κ2) is 11.2. The van der Waals surface area contributed by atoms with E-state index in [-0.39, 0.29) is 18.0 Å². The molecule has 158 valence electrons. The van der Waals surface area contributed by atoms with Gasteiger partial charge in [0, 0.05) is 0 Å². The van der Waals surface area contributed by atoms with Crippen molar-refractivity contribution in [2.24, 2.45) is 29.6 Å². The molecular weight excluding hydrogens is 344 g/mol. The number of carbonyl (C=O) groups is 1. The molecule has 0 aliphatic heterocycles. The van der Waals surface area contributed by atoms with Gasteiger partial charge in [0.05, 0.1) is 5.92 Å². The average Bonchev–Trinajstić information content (AvgIpc) is 2.74. The number of allylic oxidation sites excluding steroid dienone is 3. The summed E-state index contributed by atoms with van der Waals surface area (Å²) in [7, 11) is 0. The molecule has 3 aliphatic carbocycles. The Bertz CT molecular complexity index is 499. The van der Waals surface area contributed by atoms with Gasteiger partial charge in [-0.3, -0.25) is 4.79 Å². The van der Waals surface area contributed by atoms with Crippen LogP contribution in [0.15, 0.2) is 24.8 Å².